The van der Waals surface area contributed by atoms with Crippen LogP contribution in [0, 0.1) is 0 Å². The van der Waals surface area contributed by atoms with Crippen molar-refractivity contribution in [2.75, 3.05) is 0 Å². The Morgan fingerprint density at radius 1 is 0.600 bits per heavy atom. The number of hydrogen-bond acceptors (Lipinski definition) is 2. The van der Waals surface area contributed by atoms with Gasteiger partial charge in [0.1, 0.15) is 23.7 Å². The Bertz CT molecular complexity index is 820. The number of rotatable bonds is 10. The minimum atomic E-state index is 0.229. The van der Waals surface area contributed by atoms with Gasteiger partial charge in [0.15, 0.2) is 0 Å². The number of ether oxygens (including phenoxy) is 2. The van der Waals surface area contributed by atoms with Crippen LogP contribution in [0.15, 0.2) is 72.8 Å². The molecule has 0 amide bonds. The summed E-state index contributed by atoms with van der Waals surface area (Å²) in [7, 11) is 0. The van der Waals surface area contributed by atoms with Crippen molar-refractivity contribution in [2.24, 2.45) is 0 Å². The lowest BCUT2D eigenvalue weighted by molar-refractivity contribution is 0.230. The summed E-state index contributed by atoms with van der Waals surface area (Å²) in [4.78, 5) is 0. The van der Waals surface area contributed by atoms with Gasteiger partial charge in [0, 0.05) is 11.1 Å². The average molecular weight is 401 g/mol. The molecule has 0 radical (unpaired) electrons. The standard InChI is InChI=1S/C28H32O2/c1(3-5-7-15-25-21-19-23-13-9-11-17-27(23)29-25)2-4-6-8-16-26-22-20-24-14-10-12-18-28(24)30-26/h1-2,9-14,17-22,25-26H,3-8,15-16H2/b2-1+/t25-,26-/m0/s1. The number of fused-ring (bicyclic) bond motifs is 2. The van der Waals surface area contributed by atoms with E-state index in [1.807, 2.05) is 12.1 Å². The maximum Gasteiger partial charge on any atom is 0.127 e. The first-order valence-electron chi connectivity index (χ1n) is 11.4. The molecule has 2 nitrogen and oxygen atoms in total. The Kier molecular flexibility index (Phi) is 7.44. The summed E-state index contributed by atoms with van der Waals surface area (Å²) < 4.78 is 12.1. The van der Waals surface area contributed by atoms with E-state index < -0.39 is 0 Å². The third-order valence-electron chi connectivity index (χ3n) is 5.76. The number of hydrogen-bond donors (Lipinski definition) is 0. The van der Waals surface area contributed by atoms with Crippen LogP contribution in [-0.2, 0) is 0 Å². The van der Waals surface area contributed by atoms with E-state index in [1.54, 1.807) is 0 Å². The fraction of sp³-hybridized carbons (Fsp3) is 0.357. The Labute approximate surface area is 180 Å². The fourth-order valence-corrected chi connectivity index (χ4v) is 4.04. The highest BCUT2D eigenvalue weighted by molar-refractivity contribution is 5.60. The maximum absolute atomic E-state index is 6.05. The van der Waals surface area contributed by atoms with Gasteiger partial charge in [0.25, 0.3) is 0 Å². The lowest BCUT2D eigenvalue weighted by Crippen LogP contribution is -2.16. The SMILES string of the molecule is C1=C[C@H](CCCC/C=C/CCCC[C@H]2C=Cc3ccccc3O2)Oc2ccccc21. The Balaban J connectivity index is 1.02. The highest BCUT2D eigenvalue weighted by Crippen LogP contribution is 2.28. The number of allylic oxidation sites excluding steroid dienone is 2. The molecular formula is C28H32O2. The van der Waals surface area contributed by atoms with Crippen molar-refractivity contribution >= 4 is 12.2 Å². The van der Waals surface area contributed by atoms with E-state index in [4.69, 9.17) is 9.47 Å². The van der Waals surface area contributed by atoms with Gasteiger partial charge in [0.05, 0.1) is 0 Å². The Morgan fingerprint density at radius 3 is 1.57 bits per heavy atom. The van der Waals surface area contributed by atoms with Crippen molar-refractivity contribution in [1.29, 1.82) is 0 Å². The zero-order valence-corrected chi connectivity index (χ0v) is 17.7. The molecule has 0 aromatic heterocycles. The van der Waals surface area contributed by atoms with Gasteiger partial charge < -0.3 is 9.47 Å². The molecule has 0 bridgehead atoms. The molecule has 0 spiro atoms. The van der Waals surface area contributed by atoms with Crippen LogP contribution in [0.4, 0.5) is 0 Å². The van der Waals surface area contributed by atoms with E-state index in [2.05, 4.69) is 72.9 Å². The summed E-state index contributed by atoms with van der Waals surface area (Å²) in [6, 6.07) is 16.5. The van der Waals surface area contributed by atoms with E-state index in [9.17, 15) is 0 Å². The van der Waals surface area contributed by atoms with Gasteiger partial charge in [0.2, 0.25) is 0 Å². The molecule has 4 rings (SSSR count). The second-order valence-corrected chi connectivity index (χ2v) is 8.15. The lowest BCUT2D eigenvalue weighted by atomic mass is 10.0. The molecule has 0 fully saturated rings. The molecule has 0 saturated heterocycles. The summed E-state index contributed by atoms with van der Waals surface area (Å²) in [5.74, 6) is 2.03. The van der Waals surface area contributed by atoms with Gasteiger partial charge in [-0.3, -0.25) is 0 Å². The Hall–Kier alpha value is -2.74. The molecule has 0 aliphatic carbocycles. The van der Waals surface area contributed by atoms with Crippen LogP contribution < -0.4 is 9.47 Å². The second kappa shape index (κ2) is 10.9. The summed E-state index contributed by atoms with van der Waals surface area (Å²) in [6.07, 6.45) is 23.3. The highest BCUT2D eigenvalue weighted by atomic mass is 16.5. The topological polar surface area (TPSA) is 18.5 Å². The molecule has 0 N–H and O–H groups in total. The normalized spacial score (nSPS) is 19.2. The first kappa shape index (κ1) is 20.5. The van der Waals surface area contributed by atoms with Crippen molar-refractivity contribution < 1.29 is 9.47 Å². The van der Waals surface area contributed by atoms with Gasteiger partial charge >= 0.3 is 0 Å². The smallest absolute Gasteiger partial charge is 0.127 e. The van der Waals surface area contributed by atoms with Crippen molar-refractivity contribution in [3.63, 3.8) is 0 Å². The first-order valence-corrected chi connectivity index (χ1v) is 11.4. The van der Waals surface area contributed by atoms with Crippen molar-refractivity contribution in [1.82, 2.24) is 0 Å². The van der Waals surface area contributed by atoms with Crippen LogP contribution in [0.2, 0.25) is 0 Å². The largest absolute Gasteiger partial charge is 0.486 e. The van der Waals surface area contributed by atoms with Crippen LogP contribution in [0.3, 0.4) is 0 Å². The molecule has 2 heterocycles. The lowest BCUT2D eigenvalue weighted by Gasteiger charge is -2.21. The van der Waals surface area contributed by atoms with Crippen LogP contribution in [0.1, 0.15) is 62.5 Å². The molecule has 2 aromatic rings. The fourth-order valence-electron chi connectivity index (χ4n) is 4.04. The third kappa shape index (κ3) is 5.89. The predicted molar refractivity (Wildman–Crippen MR) is 126 cm³/mol. The minimum absolute atomic E-state index is 0.229. The van der Waals surface area contributed by atoms with Crippen LogP contribution in [-0.4, -0.2) is 12.2 Å². The predicted octanol–water partition coefficient (Wildman–Crippen LogP) is 7.61. The minimum Gasteiger partial charge on any atom is -0.486 e. The highest BCUT2D eigenvalue weighted by Gasteiger charge is 2.14. The first-order chi connectivity index (χ1) is 14.9. The molecule has 2 aliphatic heterocycles. The zero-order chi connectivity index (χ0) is 20.4. The number of para-hydroxylation sites is 2. The van der Waals surface area contributed by atoms with E-state index in [0.717, 1.165) is 37.2 Å². The quantitative estimate of drug-likeness (QED) is 0.302. The van der Waals surface area contributed by atoms with Gasteiger partial charge in [-0.15, -0.1) is 0 Å². The zero-order valence-electron chi connectivity index (χ0n) is 17.7. The molecule has 0 unspecified atom stereocenters. The van der Waals surface area contributed by atoms with Crippen LogP contribution in [0.5, 0.6) is 11.5 Å². The number of benzene rings is 2. The van der Waals surface area contributed by atoms with Gasteiger partial charge in [-0.1, -0.05) is 60.7 Å². The molecule has 30 heavy (non-hydrogen) atoms. The molecule has 2 aliphatic rings. The average Bonchev–Trinajstić information content (AvgIpc) is 2.80. The summed E-state index contributed by atoms with van der Waals surface area (Å²) in [5.41, 5.74) is 2.38. The summed E-state index contributed by atoms with van der Waals surface area (Å²) in [6.45, 7) is 0. The van der Waals surface area contributed by atoms with Crippen LogP contribution in [0.25, 0.3) is 12.2 Å². The summed E-state index contributed by atoms with van der Waals surface area (Å²) in [5, 5.41) is 0. The summed E-state index contributed by atoms with van der Waals surface area (Å²) >= 11 is 0. The molecule has 156 valence electrons. The van der Waals surface area contributed by atoms with E-state index in [0.29, 0.717) is 0 Å². The van der Waals surface area contributed by atoms with Crippen molar-refractivity contribution in [3.05, 3.63) is 84.0 Å². The van der Waals surface area contributed by atoms with Gasteiger partial charge in [-0.2, -0.15) is 0 Å². The van der Waals surface area contributed by atoms with E-state index >= 15 is 0 Å². The Morgan fingerprint density at radius 2 is 1.07 bits per heavy atom. The second-order valence-electron chi connectivity index (χ2n) is 8.15. The molecular weight excluding hydrogens is 368 g/mol. The monoisotopic (exact) mass is 400 g/mol. The third-order valence-corrected chi connectivity index (χ3v) is 5.76. The molecule has 2 atom stereocenters. The molecule has 2 heteroatoms. The van der Waals surface area contributed by atoms with Crippen LogP contribution >= 0.6 is 0 Å². The number of unbranched alkanes of at least 4 members (excludes halogenated alkanes) is 4. The molecule has 0 saturated carbocycles. The molecule has 2 aromatic carbocycles. The van der Waals surface area contributed by atoms with Gasteiger partial charge in [-0.25, -0.2) is 0 Å². The van der Waals surface area contributed by atoms with E-state index in [-0.39, 0.29) is 12.2 Å². The van der Waals surface area contributed by atoms with Crippen molar-refractivity contribution in [3.8, 4) is 11.5 Å². The van der Waals surface area contributed by atoms with Gasteiger partial charge in [-0.05, 0) is 75.7 Å². The van der Waals surface area contributed by atoms with E-state index in [1.165, 1.54) is 36.8 Å². The maximum atomic E-state index is 6.05. The van der Waals surface area contributed by atoms with Crippen molar-refractivity contribution in [2.45, 2.75) is 63.6 Å².